The summed E-state index contributed by atoms with van der Waals surface area (Å²) < 4.78 is 4.89. The Labute approximate surface area is 266 Å². The minimum atomic E-state index is 1.16. The van der Waals surface area contributed by atoms with Crippen LogP contribution in [0.15, 0.2) is 170 Å². The fourth-order valence-corrected chi connectivity index (χ4v) is 7.64. The van der Waals surface area contributed by atoms with Crippen LogP contribution in [0.2, 0.25) is 0 Å². The van der Waals surface area contributed by atoms with Gasteiger partial charge in [-0.25, -0.2) is 0 Å². The van der Waals surface area contributed by atoms with E-state index >= 15 is 0 Å². The lowest BCUT2D eigenvalue weighted by atomic mass is 9.97. The van der Waals surface area contributed by atoms with E-state index in [2.05, 4.69) is 179 Å². The monoisotopic (exact) mass is 584 g/mol. The third-order valence-corrected chi connectivity index (χ3v) is 9.67. The van der Waals surface area contributed by atoms with Crippen LogP contribution in [0.4, 0.5) is 0 Å². The predicted octanol–water partition coefficient (Wildman–Crippen LogP) is 11.9. The minimum Gasteiger partial charge on any atom is -0.309 e. The lowest BCUT2D eigenvalue weighted by Gasteiger charge is -2.12. The topological polar surface area (TPSA) is 9.86 Å². The van der Waals surface area contributed by atoms with E-state index in [1.54, 1.807) is 0 Å². The van der Waals surface area contributed by atoms with Gasteiger partial charge in [-0.2, -0.15) is 0 Å². The van der Waals surface area contributed by atoms with Crippen molar-refractivity contribution in [3.63, 3.8) is 0 Å². The van der Waals surface area contributed by atoms with Crippen molar-refractivity contribution in [2.75, 3.05) is 0 Å². The van der Waals surface area contributed by atoms with E-state index < -0.39 is 0 Å². The first-order valence-corrected chi connectivity index (χ1v) is 15.9. The summed E-state index contributed by atoms with van der Waals surface area (Å²) >= 11 is 0. The first kappa shape index (κ1) is 25.2. The smallest absolute Gasteiger partial charge is 0.0641 e. The normalized spacial score (nSPS) is 11.9. The Bertz CT molecular complexity index is 2800. The van der Waals surface area contributed by atoms with Crippen LogP contribution in [0.5, 0.6) is 0 Å². The molecule has 46 heavy (non-hydrogen) atoms. The van der Waals surface area contributed by atoms with Crippen LogP contribution in [0, 0.1) is 0 Å². The van der Waals surface area contributed by atoms with Gasteiger partial charge in [0.2, 0.25) is 0 Å². The Balaban J connectivity index is 1.26. The molecule has 0 aliphatic rings. The predicted molar refractivity (Wildman–Crippen MR) is 196 cm³/mol. The second-order valence-electron chi connectivity index (χ2n) is 12.2. The number of para-hydroxylation sites is 3. The molecule has 0 saturated carbocycles. The number of rotatable bonds is 3. The largest absolute Gasteiger partial charge is 0.309 e. The molecular formula is C44H28N2. The van der Waals surface area contributed by atoms with Crippen LogP contribution >= 0.6 is 0 Å². The van der Waals surface area contributed by atoms with Gasteiger partial charge < -0.3 is 9.13 Å². The van der Waals surface area contributed by atoms with Gasteiger partial charge in [-0.1, -0.05) is 121 Å². The Morgan fingerprint density at radius 3 is 1.78 bits per heavy atom. The highest BCUT2D eigenvalue weighted by atomic mass is 15.0. The van der Waals surface area contributed by atoms with Gasteiger partial charge in [-0.15, -0.1) is 0 Å². The fourth-order valence-electron chi connectivity index (χ4n) is 7.64. The van der Waals surface area contributed by atoms with Crippen molar-refractivity contribution < 1.29 is 0 Å². The number of benzene rings is 8. The average Bonchev–Trinajstić information content (AvgIpc) is 3.65. The molecule has 10 aromatic rings. The van der Waals surface area contributed by atoms with E-state index in [1.807, 2.05) is 0 Å². The summed E-state index contributed by atoms with van der Waals surface area (Å²) in [7, 11) is 0. The van der Waals surface area contributed by atoms with Crippen molar-refractivity contribution in [3.05, 3.63) is 170 Å². The van der Waals surface area contributed by atoms with E-state index in [-0.39, 0.29) is 0 Å². The number of aromatic nitrogens is 2. The summed E-state index contributed by atoms with van der Waals surface area (Å²) in [4.78, 5) is 0. The van der Waals surface area contributed by atoms with Gasteiger partial charge in [0.25, 0.3) is 0 Å². The van der Waals surface area contributed by atoms with Crippen LogP contribution in [0.3, 0.4) is 0 Å². The highest BCUT2D eigenvalue weighted by Gasteiger charge is 2.20. The van der Waals surface area contributed by atoms with Crippen LogP contribution in [0.25, 0.3) is 87.7 Å². The molecule has 0 fully saturated rings. The molecule has 0 aliphatic carbocycles. The molecule has 214 valence electrons. The zero-order chi connectivity index (χ0) is 30.2. The highest BCUT2D eigenvalue weighted by molar-refractivity contribution is 6.26. The van der Waals surface area contributed by atoms with E-state index in [0.717, 1.165) is 5.69 Å². The maximum atomic E-state index is 2.44. The molecule has 8 aromatic carbocycles. The van der Waals surface area contributed by atoms with Crippen LogP contribution in [-0.4, -0.2) is 9.13 Å². The van der Waals surface area contributed by atoms with E-state index in [1.165, 1.54) is 82.0 Å². The summed E-state index contributed by atoms with van der Waals surface area (Å²) in [6, 6.07) is 62.0. The zero-order valence-electron chi connectivity index (χ0n) is 25.1. The van der Waals surface area contributed by atoms with Crippen molar-refractivity contribution in [1.82, 2.24) is 9.13 Å². The quantitative estimate of drug-likeness (QED) is 0.183. The molecule has 0 saturated heterocycles. The highest BCUT2D eigenvalue weighted by Crippen LogP contribution is 2.42. The molecule has 0 unspecified atom stereocenters. The summed E-state index contributed by atoms with van der Waals surface area (Å²) in [5, 5.41) is 10.2. The lowest BCUT2D eigenvalue weighted by Crippen LogP contribution is -1.95. The fraction of sp³-hybridized carbons (Fsp3) is 0. The molecule has 0 aliphatic heterocycles. The first-order valence-electron chi connectivity index (χ1n) is 15.9. The molecule has 0 amide bonds. The van der Waals surface area contributed by atoms with Crippen molar-refractivity contribution in [3.8, 4) is 22.5 Å². The number of fused-ring (bicyclic) bond motifs is 10. The van der Waals surface area contributed by atoms with Crippen molar-refractivity contribution >= 4 is 65.2 Å². The number of hydrogen-bond acceptors (Lipinski definition) is 0. The molecule has 0 radical (unpaired) electrons. The molecule has 10 rings (SSSR count). The molecule has 2 nitrogen and oxygen atoms in total. The molecular weight excluding hydrogens is 556 g/mol. The molecule has 2 aromatic heterocycles. The van der Waals surface area contributed by atoms with Gasteiger partial charge in [0, 0.05) is 32.9 Å². The van der Waals surface area contributed by atoms with Crippen molar-refractivity contribution in [2.24, 2.45) is 0 Å². The molecule has 0 bridgehead atoms. The second kappa shape index (κ2) is 9.69. The zero-order valence-corrected chi connectivity index (χ0v) is 25.1. The Kier molecular flexibility index (Phi) is 5.31. The lowest BCUT2D eigenvalue weighted by molar-refractivity contribution is 1.17. The molecule has 0 N–H and O–H groups in total. The van der Waals surface area contributed by atoms with Gasteiger partial charge in [0.15, 0.2) is 0 Å². The molecule has 0 atom stereocenters. The third-order valence-electron chi connectivity index (χ3n) is 9.67. The summed E-state index contributed by atoms with van der Waals surface area (Å²) in [5.74, 6) is 0. The standard InChI is InChI=1S/C44H28N2/c1-2-13-33(14-3-1)46-40-19-8-6-17-36(40)37-25-26-42-43(44(37)46)38-18-7-9-20-41(38)45(42)34-15-10-12-31(27-34)32-24-23-30-22-21-29-11-4-5-16-35(29)39(30)28-32/h1-28H. The molecule has 0 spiro atoms. The first-order chi connectivity index (χ1) is 22.8. The van der Waals surface area contributed by atoms with Gasteiger partial charge in [0.1, 0.15) is 0 Å². The summed E-state index contributed by atoms with van der Waals surface area (Å²) in [5.41, 5.74) is 9.63. The van der Waals surface area contributed by atoms with E-state index in [9.17, 15) is 0 Å². The van der Waals surface area contributed by atoms with Gasteiger partial charge >= 0.3 is 0 Å². The van der Waals surface area contributed by atoms with E-state index in [4.69, 9.17) is 0 Å². The van der Waals surface area contributed by atoms with E-state index in [0.29, 0.717) is 0 Å². The van der Waals surface area contributed by atoms with Crippen LogP contribution in [-0.2, 0) is 0 Å². The van der Waals surface area contributed by atoms with Gasteiger partial charge in [-0.3, -0.25) is 0 Å². The third kappa shape index (κ3) is 3.59. The number of hydrogen-bond donors (Lipinski definition) is 0. The minimum absolute atomic E-state index is 1.16. The summed E-state index contributed by atoms with van der Waals surface area (Å²) in [6.45, 7) is 0. The van der Waals surface area contributed by atoms with Crippen LogP contribution < -0.4 is 0 Å². The maximum Gasteiger partial charge on any atom is 0.0641 e. The molecule has 2 heteroatoms. The Morgan fingerprint density at radius 2 is 0.935 bits per heavy atom. The van der Waals surface area contributed by atoms with Gasteiger partial charge in [-0.05, 0) is 81.2 Å². The van der Waals surface area contributed by atoms with Crippen LogP contribution in [0.1, 0.15) is 0 Å². The number of nitrogens with zero attached hydrogens (tertiary/aromatic N) is 2. The Hall–Kier alpha value is -6.12. The Morgan fingerprint density at radius 1 is 0.304 bits per heavy atom. The second-order valence-corrected chi connectivity index (χ2v) is 12.2. The van der Waals surface area contributed by atoms with Crippen molar-refractivity contribution in [2.45, 2.75) is 0 Å². The SMILES string of the molecule is c1ccc(-n2c3ccccc3c3ccc4c(c5ccccc5n4-c4cccc(-c5ccc6ccc7ccccc7c6c5)c4)c32)cc1. The average molecular weight is 585 g/mol. The maximum absolute atomic E-state index is 2.44. The molecule has 2 heterocycles. The van der Waals surface area contributed by atoms with Crippen molar-refractivity contribution in [1.29, 1.82) is 0 Å². The summed E-state index contributed by atoms with van der Waals surface area (Å²) in [6.07, 6.45) is 0. The van der Waals surface area contributed by atoms with Gasteiger partial charge in [0.05, 0.1) is 22.1 Å².